The summed E-state index contributed by atoms with van der Waals surface area (Å²) in [4.78, 5) is 12.5. The second-order valence-corrected chi connectivity index (χ2v) is 7.33. The molecule has 1 N–H and O–H groups in total. The zero-order valence-electron chi connectivity index (χ0n) is 16.5. The van der Waals surface area contributed by atoms with E-state index in [1.54, 1.807) is 24.3 Å². The molecule has 7 heteroatoms. The number of ether oxygens (including phenoxy) is 2. The Kier molecular flexibility index (Phi) is 7.33. The standard InChI is InChI=1S/C23H20Cl2N2O3/c1-15-8-9-19(21(10-15)29-2)23(28)27-26-13-17-11-18(24)12-20(25)22(17)30-14-16-6-4-3-5-7-16/h3-13H,14H2,1-2H3,(H,27,28)/b26-13-. The number of rotatable bonds is 7. The van der Waals surface area contributed by atoms with Gasteiger partial charge in [0.15, 0.2) is 0 Å². The molecule has 0 saturated heterocycles. The maximum Gasteiger partial charge on any atom is 0.275 e. The van der Waals surface area contributed by atoms with Crippen molar-refractivity contribution in [2.75, 3.05) is 7.11 Å². The van der Waals surface area contributed by atoms with E-state index in [2.05, 4.69) is 10.5 Å². The molecular formula is C23H20Cl2N2O3. The number of amides is 1. The Balaban J connectivity index is 1.77. The van der Waals surface area contributed by atoms with Crippen molar-refractivity contribution in [3.8, 4) is 11.5 Å². The fourth-order valence-corrected chi connectivity index (χ4v) is 3.33. The summed E-state index contributed by atoms with van der Waals surface area (Å²) >= 11 is 12.4. The van der Waals surface area contributed by atoms with Crippen LogP contribution in [-0.4, -0.2) is 19.2 Å². The summed E-state index contributed by atoms with van der Waals surface area (Å²) in [5, 5.41) is 4.82. The number of aryl methyl sites for hydroxylation is 1. The second kappa shape index (κ2) is 10.1. The van der Waals surface area contributed by atoms with Crippen LogP contribution in [-0.2, 0) is 6.61 Å². The van der Waals surface area contributed by atoms with Crippen LogP contribution in [0.5, 0.6) is 11.5 Å². The lowest BCUT2D eigenvalue weighted by Crippen LogP contribution is -2.18. The van der Waals surface area contributed by atoms with Gasteiger partial charge in [0.05, 0.1) is 23.9 Å². The average Bonchev–Trinajstić information content (AvgIpc) is 2.73. The number of carbonyl (C=O) groups excluding carboxylic acids is 1. The molecule has 154 valence electrons. The predicted octanol–water partition coefficient (Wildman–Crippen LogP) is 5.65. The monoisotopic (exact) mass is 442 g/mol. The number of hydrogen-bond acceptors (Lipinski definition) is 4. The highest BCUT2D eigenvalue weighted by Crippen LogP contribution is 2.32. The lowest BCUT2D eigenvalue weighted by molar-refractivity contribution is 0.0952. The van der Waals surface area contributed by atoms with Crippen LogP contribution in [0.3, 0.4) is 0 Å². The molecule has 0 aliphatic rings. The number of hydrogen-bond donors (Lipinski definition) is 1. The van der Waals surface area contributed by atoms with Crippen LogP contribution >= 0.6 is 23.2 Å². The van der Waals surface area contributed by atoms with Gasteiger partial charge in [-0.25, -0.2) is 5.43 Å². The highest BCUT2D eigenvalue weighted by molar-refractivity contribution is 6.36. The van der Waals surface area contributed by atoms with Gasteiger partial charge in [-0.2, -0.15) is 5.10 Å². The van der Waals surface area contributed by atoms with E-state index in [0.29, 0.717) is 39.3 Å². The SMILES string of the molecule is COc1cc(C)ccc1C(=O)N/N=C\c1cc(Cl)cc(Cl)c1OCc1ccccc1. The van der Waals surface area contributed by atoms with Crippen LogP contribution in [0.1, 0.15) is 27.0 Å². The second-order valence-electron chi connectivity index (χ2n) is 6.48. The Bertz CT molecular complexity index is 1070. The first kappa shape index (κ1) is 21.7. The minimum atomic E-state index is -0.400. The Labute approximate surface area is 185 Å². The summed E-state index contributed by atoms with van der Waals surface area (Å²) in [6.07, 6.45) is 1.44. The van der Waals surface area contributed by atoms with Gasteiger partial charge in [0.25, 0.3) is 5.91 Å². The molecule has 1 amide bonds. The maximum absolute atomic E-state index is 12.5. The molecule has 0 aromatic heterocycles. The fourth-order valence-electron chi connectivity index (χ4n) is 2.76. The van der Waals surface area contributed by atoms with Crippen LogP contribution in [0.15, 0.2) is 65.8 Å². The molecule has 0 aliphatic carbocycles. The number of nitrogens with one attached hydrogen (secondary N) is 1. The van der Waals surface area contributed by atoms with Crippen molar-refractivity contribution < 1.29 is 14.3 Å². The summed E-state index contributed by atoms with van der Waals surface area (Å²) in [5.74, 6) is 0.499. The molecular weight excluding hydrogens is 423 g/mol. The smallest absolute Gasteiger partial charge is 0.275 e. The third-order valence-corrected chi connectivity index (χ3v) is 4.73. The van der Waals surface area contributed by atoms with Crippen molar-refractivity contribution in [1.29, 1.82) is 0 Å². The largest absolute Gasteiger partial charge is 0.496 e. The van der Waals surface area contributed by atoms with Crippen molar-refractivity contribution in [3.63, 3.8) is 0 Å². The summed E-state index contributed by atoms with van der Waals surface area (Å²) < 4.78 is 11.2. The lowest BCUT2D eigenvalue weighted by Gasteiger charge is -2.12. The summed E-state index contributed by atoms with van der Waals surface area (Å²) in [7, 11) is 1.51. The molecule has 0 fully saturated rings. The van der Waals surface area contributed by atoms with Gasteiger partial charge in [-0.3, -0.25) is 4.79 Å². The van der Waals surface area contributed by atoms with Gasteiger partial charge in [-0.15, -0.1) is 0 Å². The molecule has 0 aliphatic heterocycles. The van der Waals surface area contributed by atoms with Gasteiger partial charge in [0, 0.05) is 10.6 Å². The van der Waals surface area contributed by atoms with E-state index >= 15 is 0 Å². The molecule has 0 atom stereocenters. The molecule has 0 spiro atoms. The molecule has 0 saturated carbocycles. The molecule has 0 bridgehead atoms. The molecule has 3 aromatic rings. The van der Waals surface area contributed by atoms with Gasteiger partial charge in [-0.05, 0) is 42.3 Å². The summed E-state index contributed by atoms with van der Waals surface area (Å²) in [6.45, 7) is 2.25. The van der Waals surface area contributed by atoms with Crippen molar-refractivity contribution in [3.05, 3.63) is 93.0 Å². The van der Waals surface area contributed by atoms with Crippen LogP contribution in [0.2, 0.25) is 10.0 Å². The highest BCUT2D eigenvalue weighted by atomic mass is 35.5. The molecule has 30 heavy (non-hydrogen) atoms. The molecule has 5 nitrogen and oxygen atoms in total. The first-order chi connectivity index (χ1) is 14.5. The van der Waals surface area contributed by atoms with Gasteiger partial charge >= 0.3 is 0 Å². The lowest BCUT2D eigenvalue weighted by atomic mass is 10.1. The molecule has 0 radical (unpaired) electrons. The molecule has 0 unspecified atom stereocenters. The zero-order chi connectivity index (χ0) is 21.5. The quantitative estimate of drug-likeness (QED) is 0.379. The third-order valence-electron chi connectivity index (χ3n) is 4.23. The molecule has 3 aromatic carbocycles. The van der Waals surface area contributed by atoms with Gasteiger partial charge < -0.3 is 9.47 Å². The number of methoxy groups -OCH3 is 1. The van der Waals surface area contributed by atoms with E-state index < -0.39 is 5.91 Å². The van der Waals surface area contributed by atoms with Crippen molar-refractivity contribution in [2.45, 2.75) is 13.5 Å². The predicted molar refractivity (Wildman–Crippen MR) is 120 cm³/mol. The summed E-state index contributed by atoms with van der Waals surface area (Å²) in [5.41, 5.74) is 5.39. The van der Waals surface area contributed by atoms with E-state index in [1.807, 2.05) is 43.3 Å². The first-order valence-electron chi connectivity index (χ1n) is 9.11. The van der Waals surface area contributed by atoms with Crippen LogP contribution in [0.4, 0.5) is 0 Å². The van der Waals surface area contributed by atoms with Crippen molar-refractivity contribution >= 4 is 35.3 Å². The zero-order valence-corrected chi connectivity index (χ0v) is 18.0. The molecule has 0 heterocycles. The number of hydrazone groups is 1. The normalized spacial score (nSPS) is 10.8. The van der Waals surface area contributed by atoms with Gasteiger partial charge in [0.2, 0.25) is 0 Å². The fraction of sp³-hybridized carbons (Fsp3) is 0.130. The topological polar surface area (TPSA) is 59.9 Å². The number of halogens is 2. The van der Waals surface area contributed by atoms with E-state index in [1.165, 1.54) is 13.3 Å². The minimum Gasteiger partial charge on any atom is -0.496 e. The number of nitrogens with zero attached hydrogens (tertiary/aromatic N) is 1. The third kappa shape index (κ3) is 5.53. The highest BCUT2D eigenvalue weighted by Gasteiger charge is 2.13. The van der Waals surface area contributed by atoms with Gasteiger partial charge in [-0.1, -0.05) is 59.6 Å². The van der Waals surface area contributed by atoms with Crippen LogP contribution in [0, 0.1) is 6.92 Å². The van der Waals surface area contributed by atoms with E-state index in [4.69, 9.17) is 32.7 Å². The van der Waals surface area contributed by atoms with Crippen molar-refractivity contribution in [2.24, 2.45) is 5.10 Å². The minimum absolute atomic E-state index is 0.329. The Morgan fingerprint density at radius 1 is 1.10 bits per heavy atom. The van der Waals surface area contributed by atoms with E-state index in [-0.39, 0.29) is 0 Å². The van der Waals surface area contributed by atoms with E-state index in [9.17, 15) is 4.79 Å². The maximum atomic E-state index is 12.5. The Morgan fingerprint density at radius 3 is 2.60 bits per heavy atom. The number of carbonyl (C=O) groups is 1. The van der Waals surface area contributed by atoms with Crippen LogP contribution < -0.4 is 14.9 Å². The Hall–Kier alpha value is -3.02. The van der Waals surface area contributed by atoms with E-state index in [0.717, 1.165) is 11.1 Å². The average molecular weight is 443 g/mol. The number of benzene rings is 3. The Morgan fingerprint density at radius 2 is 1.87 bits per heavy atom. The van der Waals surface area contributed by atoms with Gasteiger partial charge in [0.1, 0.15) is 18.1 Å². The molecule has 3 rings (SSSR count). The van der Waals surface area contributed by atoms with Crippen molar-refractivity contribution in [1.82, 2.24) is 5.43 Å². The van der Waals surface area contributed by atoms with Crippen LogP contribution in [0.25, 0.3) is 0 Å². The summed E-state index contributed by atoms with van der Waals surface area (Å²) in [6, 6.07) is 18.2. The first-order valence-corrected chi connectivity index (χ1v) is 9.87.